The third kappa shape index (κ3) is 3.90. The highest BCUT2D eigenvalue weighted by molar-refractivity contribution is 5.82. The van der Waals surface area contributed by atoms with Crippen molar-refractivity contribution < 1.29 is 24.1 Å². The molecule has 2 aliphatic rings. The van der Waals surface area contributed by atoms with Gasteiger partial charge in [0.05, 0.1) is 19.0 Å². The minimum Gasteiger partial charge on any atom is -0.387 e. The molecule has 31 heavy (non-hydrogen) atoms. The van der Waals surface area contributed by atoms with Crippen LogP contribution in [0.2, 0.25) is 0 Å². The molecule has 2 fully saturated rings. The molecular formula is C21H22FN5O4. The maximum Gasteiger partial charge on any atom is 0.167 e. The predicted molar refractivity (Wildman–Crippen MR) is 110 cm³/mol. The number of ether oxygens (including phenoxy) is 2. The van der Waals surface area contributed by atoms with Crippen molar-refractivity contribution in [3.05, 3.63) is 54.4 Å². The van der Waals surface area contributed by atoms with Crippen LogP contribution >= 0.6 is 0 Å². The second-order valence-electron chi connectivity index (χ2n) is 7.63. The Kier molecular flexibility index (Phi) is 5.36. The number of hydrogen-bond acceptors (Lipinski definition) is 8. The van der Waals surface area contributed by atoms with E-state index >= 15 is 0 Å². The molecule has 5 atom stereocenters. The van der Waals surface area contributed by atoms with Gasteiger partial charge in [-0.05, 0) is 24.1 Å². The van der Waals surface area contributed by atoms with Crippen LogP contribution in [0.4, 0.5) is 10.2 Å². The van der Waals surface area contributed by atoms with E-state index in [9.17, 15) is 14.6 Å². The third-order valence-corrected chi connectivity index (χ3v) is 5.53. The van der Waals surface area contributed by atoms with Gasteiger partial charge in [-0.1, -0.05) is 24.3 Å². The first-order valence-electron chi connectivity index (χ1n) is 10.1. The fraction of sp³-hybridized carbons (Fsp3) is 0.381. The Morgan fingerprint density at radius 3 is 2.74 bits per heavy atom. The summed E-state index contributed by atoms with van der Waals surface area (Å²) in [4.78, 5) is 13.0. The van der Waals surface area contributed by atoms with E-state index in [0.29, 0.717) is 30.2 Å². The molecule has 4 heterocycles. The molecule has 0 radical (unpaired) electrons. The summed E-state index contributed by atoms with van der Waals surface area (Å²) < 4.78 is 26.0. The van der Waals surface area contributed by atoms with Crippen molar-refractivity contribution >= 4 is 23.1 Å². The van der Waals surface area contributed by atoms with Gasteiger partial charge in [0.15, 0.2) is 23.2 Å². The molecule has 0 saturated carbocycles. The summed E-state index contributed by atoms with van der Waals surface area (Å²) in [6.07, 6.45) is 3.21. The van der Waals surface area contributed by atoms with Crippen molar-refractivity contribution in [2.45, 2.75) is 37.0 Å². The van der Waals surface area contributed by atoms with Crippen molar-refractivity contribution in [3.63, 3.8) is 0 Å². The average Bonchev–Trinajstić information content (AvgIpc) is 3.50. The highest BCUT2D eigenvalue weighted by Crippen LogP contribution is 2.33. The zero-order chi connectivity index (χ0) is 21.4. The fourth-order valence-corrected chi connectivity index (χ4v) is 3.84. The van der Waals surface area contributed by atoms with Gasteiger partial charge in [0, 0.05) is 6.61 Å². The molecule has 0 bridgehead atoms. The molecule has 5 unspecified atom stereocenters. The first kappa shape index (κ1) is 20.0. The highest BCUT2D eigenvalue weighted by atomic mass is 19.1. The number of anilines is 1. The van der Waals surface area contributed by atoms with E-state index in [1.807, 2.05) is 0 Å². The van der Waals surface area contributed by atoms with Crippen LogP contribution in [-0.4, -0.2) is 67.3 Å². The van der Waals surface area contributed by atoms with Crippen LogP contribution in [0.1, 0.15) is 18.2 Å². The Morgan fingerprint density at radius 2 is 1.97 bits per heavy atom. The summed E-state index contributed by atoms with van der Waals surface area (Å²) in [5, 5.41) is 24.4. The van der Waals surface area contributed by atoms with Crippen LogP contribution in [0, 0.1) is 5.82 Å². The molecule has 162 valence electrons. The number of imidazole rings is 1. The van der Waals surface area contributed by atoms with E-state index in [4.69, 9.17) is 9.47 Å². The Bertz CT molecular complexity index is 1080. The largest absolute Gasteiger partial charge is 0.387 e. The number of aliphatic hydroxyl groups excluding tert-OH is 2. The van der Waals surface area contributed by atoms with E-state index in [2.05, 4.69) is 20.3 Å². The van der Waals surface area contributed by atoms with Crippen molar-refractivity contribution in [3.8, 4) is 0 Å². The van der Waals surface area contributed by atoms with Crippen molar-refractivity contribution in [1.82, 2.24) is 19.5 Å². The summed E-state index contributed by atoms with van der Waals surface area (Å²) in [5.41, 5.74) is 1.78. The standard InChI is InChI=1S/C21H22FN5O4/c22-13-4-1-12(2-5-13)3-6-15-17(28)18(29)21(31-15)27-11-25-16-19(23-10-24-20(16)27)26-14-7-8-30-9-14/h1-6,10-11,14-15,17-18,21,28-29H,7-9H2,(H,23,24,26). The number of benzene rings is 1. The molecule has 9 nitrogen and oxygen atoms in total. The van der Waals surface area contributed by atoms with Crippen LogP contribution in [0.15, 0.2) is 43.0 Å². The number of hydrogen-bond donors (Lipinski definition) is 3. The molecule has 5 rings (SSSR count). The van der Waals surface area contributed by atoms with Crippen molar-refractivity contribution in [2.24, 2.45) is 0 Å². The van der Waals surface area contributed by atoms with Gasteiger partial charge in [-0.3, -0.25) is 4.57 Å². The van der Waals surface area contributed by atoms with Gasteiger partial charge in [0.1, 0.15) is 30.5 Å². The summed E-state index contributed by atoms with van der Waals surface area (Å²) in [6.45, 7) is 1.30. The van der Waals surface area contributed by atoms with Gasteiger partial charge in [-0.15, -0.1) is 0 Å². The summed E-state index contributed by atoms with van der Waals surface area (Å²) >= 11 is 0. The van der Waals surface area contributed by atoms with Crippen LogP contribution in [0.5, 0.6) is 0 Å². The minimum atomic E-state index is -1.19. The first-order valence-corrected chi connectivity index (χ1v) is 10.1. The fourth-order valence-electron chi connectivity index (χ4n) is 3.84. The Labute approximate surface area is 177 Å². The molecule has 2 saturated heterocycles. The van der Waals surface area contributed by atoms with E-state index in [-0.39, 0.29) is 11.9 Å². The minimum absolute atomic E-state index is 0.152. The van der Waals surface area contributed by atoms with E-state index < -0.39 is 24.5 Å². The van der Waals surface area contributed by atoms with Gasteiger partial charge in [0.2, 0.25) is 0 Å². The Hall–Kier alpha value is -2.92. The Balaban J connectivity index is 1.37. The molecule has 0 amide bonds. The van der Waals surface area contributed by atoms with E-state index in [0.717, 1.165) is 12.0 Å². The average molecular weight is 427 g/mol. The zero-order valence-electron chi connectivity index (χ0n) is 16.5. The second kappa shape index (κ2) is 8.31. The lowest BCUT2D eigenvalue weighted by Gasteiger charge is -2.16. The molecule has 2 aliphatic heterocycles. The monoisotopic (exact) mass is 427 g/mol. The van der Waals surface area contributed by atoms with Crippen molar-refractivity contribution in [2.75, 3.05) is 18.5 Å². The number of aliphatic hydroxyl groups is 2. The third-order valence-electron chi connectivity index (χ3n) is 5.53. The Morgan fingerprint density at radius 1 is 1.13 bits per heavy atom. The van der Waals surface area contributed by atoms with Gasteiger partial charge in [0.25, 0.3) is 0 Å². The number of aromatic nitrogens is 4. The van der Waals surface area contributed by atoms with Gasteiger partial charge >= 0.3 is 0 Å². The number of nitrogens with zero attached hydrogens (tertiary/aromatic N) is 4. The lowest BCUT2D eigenvalue weighted by Crippen LogP contribution is -2.30. The number of nitrogens with one attached hydrogen (secondary N) is 1. The van der Waals surface area contributed by atoms with Gasteiger partial charge < -0.3 is 25.0 Å². The molecule has 10 heteroatoms. The van der Waals surface area contributed by atoms with E-state index in [1.165, 1.54) is 24.8 Å². The number of rotatable bonds is 5. The van der Waals surface area contributed by atoms with Crippen molar-refractivity contribution in [1.29, 1.82) is 0 Å². The molecule has 1 aromatic carbocycles. The smallest absolute Gasteiger partial charge is 0.167 e. The first-order chi connectivity index (χ1) is 15.1. The maximum absolute atomic E-state index is 13.1. The highest BCUT2D eigenvalue weighted by Gasteiger charge is 2.43. The maximum atomic E-state index is 13.1. The zero-order valence-corrected chi connectivity index (χ0v) is 16.5. The van der Waals surface area contributed by atoms with Crippen LogP contribution in [0.25, 0.3) is 17.2 Å². The molecule has 0 spiro atoms. The normalized spacial score (nSPS) is 28.7. The van der Waals surface area contributed by atoms with Gasteiger partial charge in [-0.2, -0.15) is 0 Å². The molecule has 2 aromatic heterocycles. The summed E-state index contributed by atoms with van der Waals surface area (Å²) in [6, 6.07) is 6.09. The molecule has 0 aliphatic carbocycles. The van der Waals surface area contributed by atoms with Gasteiger partial charge in [-0.25, -0.2) is 19.3 Å². The molecule has 3 aromatic rings. The second-order valence-corrected chi connectivity index (χ2v) is 7.63. The topological polar surface area (TPSA) is 115 Å². The predicted octanol–water partition coefficient (Wildman–Crippen LogP) is 1.50. The molecular weight excluding hydrogens is 405 g/mol. The SMILES string of the molecule is OC1C(C=Cc2ccc(F)cc2)OC(n2cnc3c(NC4CCOC4)ncnc32)C1O. The summed E-state index contributed by atoms with van der Waals surface area (Å²) in [5.74, 6) is 0.258. The van der Waals surface area contributed by atoms with E-state index in [1.54, 1.807) is 28.9 Å². The van der Waals surface area contributed by atoms with Crippen LogP contribution in [-0.2, 0) is 9.47 Å². The number of fused-ring (bicyclic) bond motifs is 1. The number of halogens is 1. The van der Waals surface area contributed by atoms with Crippen LogP contribution in [0.3, 0.4) is 0 Å². The summed E-state index contributed by atoms with van der Waals surface area (Å²) in [7, 11) is 0. The lowest BCUT2D eigenvalue weighted by molar-refractivity contribution is -0.0243. The van der Waals surface area contributed by atoms with Crippen LogP contribution < -0.4 is 5.32 Å². The molecule has 3 N–H and O–H groups in total. The lowest BCUT2D eigenvalue weighted by atomic mass is 10.1. The quantitative estimate of drug-likeness (QED) is 0.561.